The molecule has 0 bridgehead atoms. The first-order valence-corrected chi connectivity index (χ1v) is 4.99. The molecule has 1 atom stereocenters. The van der Waals surface area contributed by atoms with E-state index in [-0.39, 0.29) is 11.9 Å². The summed E-state index contributed by atoms with van der Waals surface area (Å²) >= 11 is 0. The van der Waals surface area contributed by atoms with Crippen LogP contribution in [0.5, 0.6) is 0 Å². The van der Waals surface area contributed by atoms with Crippen molar-refractivity contribution in [3.8, 4) is 0 Å². The summed E-state index contributed by atoms with van der Waals surface area (Å²) in [6.45, 7) is 7.00. The van der Waals surface area contributed by atoms with Gasteiger partial charge in [-0.05, 0) is 18.8 Å². The molecule has 0 rings (SSSR count). The maximum absolute atomic E-state index is 11.6. The average Bonchev–Trinajstić information content (AvgIpc) is 2.02. The zero-order valence-electron chi connectivity index (χ0n) is 9.21. The molecule has 0 aromatic heterocycles. The molecule has 0 aromatic carbocycles. The van der Waals surface area contributed by atoms with Gasteiger partial charge in [-0.1, -0.05) is 20.8 Å². The van der Waals surface area contributed by atoms with Gasteiger partial charge in [-0.15, -0.1) is 0 Å². The van der Waals surface area contributed by atoms with Crippen LogP contribution in [0.1, 0.15) is 33.6 Å². The Balaban J connectivity index is 3.94. The Kier molecular flexibility index (Phi) is 5.71. The highest BCUT2D eigenvalue weighted by Crippen LogP contribution is 2.05. The molecule has 0 radical (unpaired) electrons. The Morgan fingerprint density at radius 1 is 1.46 bits per heavy atom. The molecule has 13 heavy (non-hydrogen) atoms. The first kappa shape index (κ1) is 12.4. The highest BCUT2D eigenvalue weighted by molar-refractivity contribution is 5.81. The van der Waals surface area contributed by atoms with Crippen molar-refractivity contribution in [2.45, 2.75) is 39.7 Å². The number of rotatable bonds is 5. The van der Waals surface area contributed by atoms with Crippen molar-refractivity contribution in [1.82, 2.24) is 4.90 Å². The van der Waals surface area contributed by atoms with E-state index in [4.69, 9.17) is 5.73 Å². The lowest BCUT2D eigenvalue weighted by molar-refractivity contribution is -0.131. The lowest BCUT2D eigenvalue weighted by atomic mass is 10.0. The fourth-order valence-electron chi connectivity index (χ4n) is 1.34. The molecule has 0 fully saturated rings. The molecule has 3 nitrogen and oxygen atoms in total. The Morgan fingerprint density at radius 3 is 2.38 bits per heavy atom. The SMILES string of the molecule is CCCN(C)C(=O)[C@H](N)CC(C)C. The lowest BCUT2D eigenvalue weighted by Gasteiger charge is -2.21. The van der Waals surface area contributed by atoms with Crippen molar-refractivity contribution >= 4 is 5.91 Å². The summed E-state index contributed by atoms with van der Waals surface area (Å²) in [5.41, 5.74) is 5.76. The summed E-state index contributed by atoms with van der Waals surface area (Å²) in [5, 5.41) is 0. The number of nitrogens with two attached hydrogens (primary N) is 1. The molecule has 2 N–H and O–H groups in total. The van der Waals surface area contributed by atoms with Crippen LogP contribution in [0.15, 0.2) is 0 Å². The second-order valence-electron chi connectivity index (χ2n) is 4.00. The normalized spacial score (nSPS) is 13.1. The van der Waals surface area contributed by atoms with Crippen LogP contribution < -0.4 is 5.73 Å². The van der Waals surface area contributed by atoms with E-state index in [1.165, 1.54) is 0 Å². The van der Waals surface area contributed by atoms with Crippen molar-refractivity contribution in [3.05, 3.63) is 0 Å². The summed E-state index contributed by atoms with van der Waals surface area (Å²) in [7, 11) is 1.81. The molecule has 0 aliphatic rings. The van der Waals surface area contributed by atoms with Gasteiger partial charge in [0.05, 0.1) is 6.04 Å². The topological polar surface area (TPSA) is 46.3 Å². The van der Waals surface area contributed by atoms with Crippen LogP contribution in [0.4, 0.5) is 0 Å². The van der Waals surface area contributed by atoms with E-state index in [0.29, 0.717) is 5.92 Å². The fraction of sp³-hybridized carbons (Fsp3) is 0.900. The highest BCUT2D eigenvalue weighted by atomic mass is 16.2. The first-order chi connectivity index (χ1) is 5.99. The van der Waals surface area contributed by atoms with Gasteiger partial charge in [0.15, 0.2) is 0 Å². The fourth-order valence-corrected chi connectivity index (χ4v) is 1.34. The number of hydrogen-bond donors (Lipinski definition) is 1. The standard InChI is InChI=1S/C10H22N2O/c1-5-6-12(4)10(13)9(11)7-8(2)3/h8-9H,5-7,11H2,1-4H3/t9-/m1/s1. The van der Waals surface area contributed by atoms with E-state index >= 15 is 0 Å². The molecule has 0 unspecified atom stereocenters. The largest absolute Gasteiger partial charge is 0.344 e. The van der Waals surface area contributed by atoms with Crippen molar-refractivity contribution in [3.63, 3.8) is 0 Å². The third-order valence-corrected chi connectivity index (χ3v) is 1.98. The maximum Gasteiger partial charge on any atom is 0.239 e. The van der Waals surface area contributed by atoms with Crippen molar-refractivity contribution in [1.29, 1.82) is 0 Å². The number of amides is 1. The first-order valence-electron chi connectivity index (χ1n) is 4.99. The van der Waals surface area contributed by atoms with Crippen LogP contribution in [-0.2, 0) is 4.79 Å². The Labute approximate surface area is 81.3 Å². The summed E-state index contributed by atoms with van der Waals surface area (Å²) in [6.07, 6.45) is 1.75. The van der Waals surface area contributed by atoms with Gasteiger partial charge < -0.3 is 10.6 Å². The summed E-state index contributed by atoms with van der Waals surface area (Å²) in [4.78, 5) is 13.3. The molecule has 0 aromatic rings. The van der Waals surface area contributed by atoms with Gasteiger partial charge in [0, 0.05) is 13.6 Å². The van der Waals surface area contributed by atoms with Crippen LogP contribution >= 0.6 is 0 Å². The molecule has 0 aliphatic heterocycles. The minimum atomic E-state index is -0.323. The molecule has 0 aliphatic carbocycles. The lowest BCUT2D eigenvalue weighted by Crippen LogP contribution is -2.42. The van der Waals surface area contributed by atoms with E-state index in [2.05, 4.69) is 20.8 Å². The van der Waals surface area contributed by atoms with Gasteiger partial charge in [0.2, 0.25) is 5.91 Å². The van der Waals surface area contributed by atoms with Crippen molar-refractivity contribution in [2.24, 2.45) is 11.7 Å². The molecule has 0 saturated carbocycles. The highest BCUT2D eigenvalue weighted by Gasteiger charge is 2.17. The van der Waals surface area contributed by atoms with Gasteiger partial charge in [0.25, 0.3) is 0 Å². The van der Waals surface area contributed by atoms with Crippen LogP contribution in [0.2, 0.25) is 0 Å². The smallest absolute Gasteiger partial charge is 0.239 e. The minimum Gasteiger partial charge on any atom is -0.344 e. The molecule has 78 valence electrons. The number of likely N-dealkylation sites (N-methyl/N-ethyl adjacent to an activating group) is 1. The predicted octanol–water partition coefficient (Wildman–Crippen LogP) is 1.23. The van der Waals surface area contributed by atoms with Crippen LogP contribution in [0, 0.1) is 5.92 Å². The van der Waals surface area contributed by atoms with Crippen molar-refractivity contribution in [2.75, 3.05) is 13.6 Å². The van der Waals surface area contributed by atoms with Crippen LogP contribution in [0.25, 0.3) is 0 Å². The van der Waals surface area contributed by atoms with Gasteiger partial charge in [-0.3, -0.25) is 4.79 Å². The van der Waals surface area contributed by atoms with E-state index < -0.39 is 0 Å². The third kappa shape index (κ3) is 4.88. The van der Waals surface area contributed by atoms with E-state index in [1.54, 1.807) is 4.90 Å². The number of carbonyl (C=O) groups excluding carboxylic acids is 1. The van der Waals surface area contributed by atoms with Gasteiger partial charge in [-0.2, -0.15) is 0 Å². The van der Waals surface area contributed by atoms with Crippen LogP contribution in [0.3, 0.4) is 0 Å². The monoisotopic (exact) mass is 186 g/mol. The summed E-state index contributed by atoms with van der Waals surface area (Å²) in [5.74, 6) is 0.546. The number of carbonyl (C=O) groups is 1. The predicted molar refractivity (Wildman–Crippen MR) is 55.4 cm³/mol. The summed E-state index contributed by atoms with van der Waals surface area (Å²) < 4.78 is 0. The molecule has 0 saturated heterocycles. The quantitative estimate of drug-likeness (QED) is 0.702. The number of hydrogen-bond acceptors (Lipinski definition) is 2. The molecular formula is C10H22N2O. The van der Waals surface area contributed by atoms with E-state index in [9.17, 15) is 4.79 Å². The van der Waals surface area contributed by atoms with Crippen molar-refractivity contribution < 1.29 is 4.79 Å². The van der Waals surface area contributed by atoms with Gasteiger partial charge in [0.1, 0.15) is 0 Å². The minimum absolute atomic E-state index is 0.0653. The van der Waals surface area contributed by atoms with Gasteiger partial charge in [-0.25, -0.2) is 0 Å². The Bertz CT molecular complexity index is 157. The third-order valence-electron chi connectivity index (χ3n) is 1.98. The second kappa shape index (κ2) is 5.97. The van der Waals surface area contributed by atoms with E-state index in [1.807, 2.05) is 7.05 Å². The molecule has 0 spiro atoms. The van der Waals surface area contributed by atoms with E-state index in [0.717, 1.165) is 19.4 Å². The molecule has 3 heteroatoms. The number of nitrogens with zero attached hydrogens (tertiary/aromatic N) is 1. The zero-order valence-corrected chi connectivity index (χ0v) is 9.21. The molecule has 0 heterocycles. The average molecular weight is 186 g/mol. The Morgan fingerprint density at radius 2 is 2.00 bits per heavy atom. The van der Waals surface area contributed by atoms with Crippen LogP contribution in [-0.4, -0.2) is 30.4 Å². The van der Waals surface area contributed by atoms with Gasteiger partial charge >= 0.3 is 0 Å². The summed E-state index contributed by atoms with van der Waals surface area (Å²) in [6, 6.07) is -0.323. The maximum atomic E-state index is 11.6. The Hall–Kier alpha value is -0.570. The molecule has 1 amide bonds. The second-order valence-corrected chi connectivity index (χ2v) is 4.00. The zero-order chi connectivity index (χ0) is 10.4. The molecular weight excluding hydrogens is 164 g/mol.